The maximum Gasteiger partial charge on any atom is 0.243 e. The molecule has 284 valence electrons. The van der Waals surface area contributed by atoms with Crippen molar-refractivity contribution < 1.29 is 0 Å². The van der Waals surface area contributed by atoms with E-state index in [1.807, 2.05) is 0 Å². The molecule has 2 nitrogen and oxygen atoms in total. The summed E-state index contributed by atoms with van der Waals surface area (Å²) in [5.41, 5.74) is 24.5. The van der Waals surface area contributed by atoms with E-state index < -0.39 is 5.41 Å². The molecule has 0 bridgehead atoms. The van der Waals surface area contributed by atoms with Gasteiger partial charge in [-0.2, -0.15) is 0 Å². The first-order valence-corrected chi connectivity index (χ1v) is 21.6. The summed E-state index contributed by atoms with van der Waals surface area (Å²) in [5.74, 6) is 0. The minimum absolute atomic E-state index is 0.116. The Hall–Kier alpha value is -7.36. The van der Waals surface area contributed by atoms with Gasteiger partial charge in [-0.1, -0.05) is 182 Å². The number of aromatic nitrogens is 1. The summed E-state index contributed by atoms with van der Waals surface area (Å²) in [4.78, 5) is 2.50. The maximum atomic E-state index is 2.50. The van der Waals surface area contributed by atoms with E-state index in [0.717, 1.165) is 0 Å². The Morgan fingerprint density at radius 2 is 0.934 bits per heavy atom. The van der Waals surface area contributed by atoms with Crippen LogP contribution in [0.4, 0.5) is 17.1 Å². The quantitative estimate of drug-likeness (QED) is 0.159. The summed E-state index contributed by atoms with van der Waals surface area (Å²) < 4.78 is 2.46. The Bertz CT molecular complexity index is 3450. The molecular formula is C58H39BN2. The van der Waals surface area contributed by atoms with E-state index in [1.165, 1.54) is 117 Å². The number of rotatable bonds is 2. The zero-order valence-electron chi connectivity index (χ0n) is 34.0. The smallest absolute Gasteiger partial charge is 0.243 e. The lowest BCUT2D eigenvalue weighted by atomic mass is 9.32. The molecule has 1 aromatic heterocycles. The van der Waals surface area contributed by atoms with Crippen LogP contribution in [0, 0.1) is 0 Å². The topological polar surface area (TPSA) is 8.17 Å². The van der Waals surface area contributed by atoms with Crippen LogP contribution in [0.2, 0.25) is 0 Å². The molecule has 1 atom stereocenters. The molecule has 4 aliphatic rings. The molecule has 0 amide bonds. The van der Waals surface area contributed by atoms with E-state index in [4.69, 9.17) is 0 Å². The first-order valence-electron chi connectivity index (χ1n) is 21.6. The Kier molecular flexibility index (Phi) is 6.41. The number of nitrogens with zero attached hydrogens (tertiary/aromatic N) is 2. The normalized spacial score (nSPS) is 16.8. The van der Waals surface area contributed by atoms with Gasteiger partial charge in [0.15, 0.2) is 0 Å². The predicted octanol–water partition coefficient (Wildman–Crippen LogP) is 12.1. The average Bonchev–Trinajstić information content (AvgIpc) is 3.93. The van der Waals surface area contributed by atoms with Crippen molar-refractivity contribution in [2.45, 2.75) is 24.7 Å². The van der Waals surface area contributed by atoms with E-state index in [-0.39, 0.29) is 12.1 Å². The summed E-state index contributed by atoms with van der Waals surface area (Å²) in [5, 5.41) is 2.57. The number of hydrogen-bond acceptors (Lipinski definition) is 1. The van der Waals surface area contributed by atoms with Crippen LogP contribution in [0.25, 0.3) is 49.7 Å². The number of fused-ring (bicyclic) bond motifs is 17. The van der Waals surface area contributed by atoms with Crippen LogP contribution in [0.15, 0.2) is 200 Å². The van der Waals surface area contributed by atoms with Gasteiger partial charge in [0, 0.05) is 27.6 Å². The SMILES string of the molecule is CC1(C)c2ccccc2N(c2ccc3c(c2)-c2ccccc2C32c3ccccc3B3c4cc(-n5c6ccccc6c6ccccc65)ccc4-c4cccc2c43)c2ccccc21. The molecule has 0 radical (unpaired) electrons. The van der Waals surface area contributed by atoms with E-state index in [0.29, 0.717) is 0 Å². The second-order valence-electron chi connectivity index (χ2n) is 17.9. The molecule has 4 heterocycles. The molecule has 1 unspecified atom stereocenters. The van der Waals surface area contributed by atoms with Crippen molar-refractivity contribution in [3.05, 3.63) is 234 Å². The largest absolute Gasteiger partial charge is 0.310 e. The van der Waals surface area contributed by atoms with Crippen LogP contribution < -0.4 is 21.3 Å². The standard InChI is InChI=1S/C58H39BN2/c1-57(2)47-22-8-13-28-54(47)61(55-29-14-9-23-48(55)57)36-31-33-45-43(34-36)38-16-3-6-20-44(38)58(45)46-21-7-10-25-50(46)59-51-35-37(30-32-39(51)42-19-15-24-49(58)56(42)59)60-52-26-11-4-17-40(52)41-18-5-12-27-53(41)60/h3-35H,1-2H3. The second-order valence-corrected chi connectivity index (χ2v) is 17.9. The fourth-order valence-electron chi connectivity index (χ4n) is 12.5. The van der Waals surface area contributed by atoms with Crippen molar-refractivity contribution in [1.29, 1.82) is 0 Å². The zero-order valence-corrected chi connectivity index (χ0v) is 34.0. The third-order valence-corrected chi connectivity index (χ3v) is 14.9. The highest BCUT2D eigenvalue weighted by atomic mass is 15.2. The van der Waals surface area contributed by atoms with Crippen molar-refractivity contribution in [1.82, 2.24) is 4.57 Å². The lowest BCUT2D eigenvalue weighted by Crippen LogP contribution is -2.59. The lowest BCUT2D eigenvalue weighted by molar-refractivity contribution is 0.632. The maximum absolute atomic E-state index is 2.50. The molecule has 10 aromatic rings. The number of anilines is 3. The van der Waals surface area contributed by atoms with E-state index in [9.17, 15) is 0 Å². The van der Waals surface area contributed by atoms with Crippen LogP contribution in [-0.4, -0.2) is 11.3 Å². The third-order valence-electron chi connectivity index (χ3n) is 14.9. The fraction of sp³-hybridized carbons (Fsp3) is 0.0690. The lowest BCUT2D eigenvalue weighted by Gasteiger charge is -2.43. The van der Waals surface area contributed by atoms with Gasteiger partial charge in [-0.15, -0.1) is 0 Å². The number of hydrogen-bond donors (Lipinski definition) is 0. The van der Waals surface area contributed by atoms with Gasteiger partial charge in [-0.25, -0.2) is 0 Å². The minimum atomic E-state index is -0.472. The van der Waals surface area contributed by atoms with Crippen molar-refractivity contribution in [2.75, 3.05) is 4.90 Å². The Morgan fingerprint density at radius 3 is 1.67 bits per heavy atom. The summed E-state index contributed by atoms with van der Waals surface area (Å²) >= 11 is 0. The molecule has 1 spiro atoms. The van der Waals surface area contributed by atoms with Gasteiger partial charge in [0.05, 0.1) is 27.8 Å². The highest BCUT2D eigenvalue weighted by Gasteiger charge is 2.55. The molecule has 0 N–H and O–H groups in total. The van der Waals surface area contributed by atoms with Crippen molar-refractivity contribution >= 4 is 62.0 Å². The number of para-hydroxylation sites is 4. The molecule has 3 heteroatoms. The van der Waals surface area contributed by atoms with Gasteiger partial charge in [0.2, 0.25) is 6.71 Å². The summed E-state index contributed by atoms with van der Waals surface area (Å²) in [7, 11) is 0. The first kappa shape index (κ1) is 33.5. The average molecular weight is 775 g/mol. The molecule has 1 aliphatic carbocycles. The fourth-order valence-corrected chi connectivity index (χ4v) is 12.5. The second kappa shape index (κ2) is 11.7. The van der Waals surface area contributed by atoms with Gasteiger partial charge in [-0.3, -0.25) is 0 Å². The Balaban J connectivity index is 1.00. The molecule has 9 aromatic carbocycles. The van der Waals surface area contributed by atoms with Crippen LogP contribution in [0.5, 0.6) is 0 Å². The van der Waals surface area contributed by atoms with Gasteiger partial charge < -0.3 is 9.47 Å². The summed E-state index contributed by atoms with van der Waals surface area (Å²) in [6, 6.07) is 75.9. The molecule has 61 heavy (non-hydrogen) atoms. The summed E-state index contributed by atoms with van der Waals surface area (Å²) in [6.07, 6.45) is 0. The predicted molar refractivity (Wildman–Crippen MR) is 255 cm³/mol. The molecule has 3 aliphatic heterocycles. The summed E-state index contributed by atoms with van der Waals surface area (Å²) in [6.45, 7) is 4.84. The molecule has 0 saturated heterocycles. The molecule has 0 saturated carbocycles. The van der Waals surface area contributed by atoms with E-state index >= 15 is 0 Å². The van der Waals surface area contributed by atoms with E-state index in [1.54, 1.807) is 0 Å². The van der Waals surface area contributed by atoms with Crippen molar-refractivity contribution in [2.24, 2.45) is 0 Å². The van der Waals surface area contributed by atoms with Gasteiger partial charge in [0.25, 0.3) is 0 Å². The van der Waals surface area contributed by atoms with Crippen LogP contribution in [0.3, 0.4) is 0 Å². The van der Waals surface area contributed by atoms with Gasteiger partial charge in [0.1, 0.15) is 0 Å². The van der Waals surface area contributed by atoms with Crippen LogP contribution in [0.1, 0.15) is 47.2 Å². The number of benzene rings is 9. The highest BCUT2D eigenvalue weighted by Crippen LogP contribution is 2.59. The van der Waals surface area contributed by atoms with Gasteiger partial charge >= 0.3 is 0 Å². The van der Waals surface area contributed by atoms with Gasteiger partial charge in [-0.05, 0) is 104 Å². The Morgan fingerprint density at radius 1 is 0.377 bits per heavy atom. The van der Waals surface area contributed by atoms with Crippen LogP contribution in [-0.2, 0) is 10.8 Å². The first-order chi connectivity index (χ1) is 30.0. The molecule has 0 fully saturated rings. The van der Waals surface area contributed by atoms with Crippen molar-refractivity contribution in [3.63, 3.8) is 0 Å². The molecular weight excluding hydrogens is 735 g/mol. The zero-order chi connectivity index (χ0) is 40.2. The molecule has 14 rings (SSSR count). The monoisotopic (exact) mass is 774 g/mol. The highest BCUT2D eigenvalue weighted by molar-refractivity contribution is 7.00. The van der Waals surface area contributed by atoms with Crippen LogP contribution >= 0.6 is 0 Å². The van der Waals surface area contributed by atoms with E-state index in [2.05, 4.69) is 224 Å². The van der Waals surface area contributed by atoms with Crippen molar-refractivity contribution in [3.8, 4) is 27.9 Å². The Labute approximate surface area is 356 Å². The third kappa shape index (κ3) is 4.05. The minimum Gasteiger partial charge on any atom is -0.310 e.